The Morgan fingerprint density at radius 2 is 1.81 bits per heavy atom. The molecule has 0 saturated carbocycles. The highest BCUT2D eigenvalue weighted by Crippen LogP contribution is 2.38. The monoisotopic (exact) mass is 511 g/mol. The molecule has 2 aromatic heterocycles. The number of phenolic OH excluding ortho intramolecular Hbond substituents is 1. The number of anilines is 2. The van der Waals surface area contributed by atoms with Crippen molar-refractivity contribution in [1.29, 1.82) is 0 Å². The van der Waals surface area contributed by atoms with E-state index >= 15 is 0 Å². The lowest BCUT2D eigenvalue weighted by Gasteiger charge is -2.16. The molecule has 0 amide bonds. The Morgan fingerprint density at radius 1 is 0.946 bits per heavy atom. The number of hydrogen-bond acceptors (Lipinski definition) is 6. The highest BCUT2D eigenvalue weighted by Gasteiger charge is 2.11. The first kappa shape index (κ1) is 24.6. The van der Waals surface area contributed by atoms with Crippen LogP contribution in [0.3, 0.4) is 0 Å². The number of nitrogens with one attached hydrogen (secondary N) is 1. The zero-order chi connectivity index (χ0) is 25.6. The largest absolute Gasteiger partial charge is 0.508 e. The molecule has 2 N–H and O–H groups in total. The van der Waals surface area contributed by atoms with Crippen LogP contribution in [-0.4, -0.2) is 15.1 Å². The number of rotatable bonds is 9. The topological polar surface area (TPSA) is 67.3 Å². The molecule has 0 radical (unpaired) electrons. The molecule has 0 spiro atoms. The van der Waals surface area contributed by atoms with Gasteiger partial charge in [-0.15, -0.1) is 0 Å². The molecule has 0 aliphatic carbocycles. The third kappa shape index (κ3) is 6.19. The summed E-state index contributed by atoms with van der Waals surface area (Å²) in [5.74, 6) is 0.592. The van der Waals surface area contributed by atoms with Crippen molar-refractivity contribution in [2.75, 3.05) is 5.32 Å². The number of hydrogen-bond donors (Lipinski definition) is 2. The van der Waals surface area contributed by atoms with Gasteiger partial charge in [0.1, 0.15) is 23.9 Å². The van der Waals surface area contributed by atoms with E-state index in [-0.39, 0.29) is 18.2 Å². The maximum Gasteiger partial charge on any atom is 0.161 e. The number of aromatic hydroxyl groups is 1. The number of phenols is 1. The number of aromatic nitrogens is 2. The van der Waals surface area contributed by atoms with Gasteiger partial charge < -0.3 is 15.2 Å². The van der Waals surface area contributed by atoms with E-state index in [2.05, 4.69) is 23.3 Å². The minimum atomic E-state index is -0.288. The fourth-order valence-electron chi connectivity index (χ4n) is 3.94. The van der Waals surface area contributed by atoms with Gasteiger partial charge in [0.2, 0.25) is 0 Å². The van der Waals surface area contributed by atoms with Gasteiger partial charge in [0.25, 0.3) is 0 Å². The number of aryl methyl sites for hydroxylation is 1. The average Bonchev–Trinajstić information content (AvgIpc) is 2.90. The Hall–Kier alpha value is -4.10. The fourth-order valence-corrected chi connectivity index (χ4v) is 4.82. The van der Waals surface area contributed by atoms with Gasteiger partial charge in [-0.1, -0.05) is 37.2 Å². The van der Waals surface area contributed by atoms with Crippen LogP contribution in [0.5, 0.6) is 11.5 Å². The van der Waals surface area contributed by atoms with Crippen LogP contribution in [0.15, 0.2) is 101 Å². The van der Waals surface area contributed by atoms with E-state index in [0.29, 0.717) is 11.4 Å². The summed E-state index contributed by atoms with van der Waals surface area (Å²) in [5, 5.41) is 14.1. The summed E-state index contributed by atoms with van der Waals surface area (Å²) in [6.07, 6.45) is 3.69. The van der Waals surface area contributed by atoms with E-state index in [1.54, 1.807) is 36.2 Å². The minimum Gasteiger partial charge on any atom is -0.508 e. The van der Waals surface area contributed by atoms with Crippen LogP contribution in [0.1, 0.15) is 24.6 Å². The SMILES string of the molecule is CCCc1ccc2c(Nc3cc(OCc4cccc(F)c4)ccc3Sc3ccc(O)cc3)ccnc2n1. The number of ether oxygens (including phenoxy) is 1. The summed E-state index contributed by atoms with van der Waals surface area (Å²) >= 11 is 1.57. The molecule has 5 aromatic rings. The summed E-state index contributed by atoms with van der Waals surface area (Å²) < 4.78 is 19.6. The van der Waals surface area contributed by atoms with Crippen molar-refractivity contribution in [2.24, 2.45) is 0 Å². The lowest BCUT2D eigenvalue weighted by Crippen LogP contribution is -1.99. The Balaban J connectivity index is 1.47. The highest BCUT2D eigenvalue weighted by molar-refractivity contribution is 7.99. The molecule has 186 valence electrons. The van der Waals surface area contributed by atoms with Crippen molar-refractivity contribution in [3.8, 4) is 11.5 Å². The Morgan fingerprint density at radius 3 is 2.62 bits per heavy atom. The molecule has 37 heavy (non-hydrogen) atoms. The zero-order valence-electron chi connectivity index (χ0n) is 20.3. The van der Waals surface area contributed by atoms with E-state index in [1.165, 1.54) is 12.1 Å². The van der Waals surface area contributed by atoms with E-state index in [0.717, 1.165) is 50.7 Å². The van der Waals surface area contributed by atoms with Crippen LogP contribution in [0.4, 0.5) is 15.8 Å². The van der Waals surface area contributed by atoms with Gasteiger partial charge in [-0.2, -0.15) is 0 Å². The van der Waals surface area contributed by atoms with Gasteiger partial charge in [0, 0.05) is 33.1 Å². The second-order valence-electron chi connectivity index (χ2n) is 8.58. The lowest BCUT2D eigenvalue weighted by atomic mass is 10.2. The van der Waals surface area contributed by atoms with Gasteiger partial charge in [0.15, 0.2) is 5.65 Å². The zero-order valence-corrected chi connectivity index (χ0v) is 21.1. The summed E-state index contributed by atoms with van der Waals surface area (Å²) in [5.41, 5.74) is 4.21. The lowest BCUT2D eigenvalue weighted by molar-refractivity contribution is 0.305. The summed E-state index contributed by atoms with van der Waals surface area (Å²) in [6.45, 7) is 2.39. The van der Waals surface area contributed by atoms with Crippen molar-refractivity contribution in [1.82, 2.24) is 9.97 Å². The van der Waals surface area contributed by atoms with Gasteiger partial charge >= 0.3 is 0 Å². The number of benzene rings is 3. The number of nitrogens with zero attached hydrogens (tertiary/aromatic N) is 2. The van der Waals surface area contributed by atoms with E-state index in [4.69, 9.17) is 9.72 Å². The highest BCUT2D eigenvalue weighted by atomic mass is 32.2. The number of halogens is 1. The molecule has 2 heterocycles. The van der Waals surface area contributed by atoms with Crippen LogP contribution >= 0.6 is 11.8 Å². The predicted octanol–water partition coefficient (Wildman–Crippen LogP) is 7.90. The van der Waals surface area contributed by atoms with Crippen LogP contribution in [0, 0.1) is 5.82 Å². The van der Waals surface area contributed by atoms with Crippen LogP contribution in [0.2, 0.25) is 0 Å². The molecule has 7 heteroatoms. The number of pyridine rings is 2. The van der Waals surface area contributed by atoms with E-state index in [9.17, 15) is 9.50 Å². The van der Waals surface area contributed by atoms with Crippen molar-refractivity contribution < 1.29 is 14.2 Å². The first-order valence-electron chi connectivity index (χ1n) is 12.1. The van der Waals surface area contributed by atoms with Crippen molar-refractivity contribution in [3.63, 3.8) is 0 Å². The minimum absolute atomic E-state index is 0.224. The average molecular weight is 512 g/mol. The fraction of sp³-hybridized carbons (Fsp3) is 0.133. The van der Waals surface area contributed by atoms with E-state index in [1.807, 2.05) is 48.5 Å². The predicted molar refractivity (Wildman–Crippen MR) is 146 cm³/mol. The van der Waals surface area contributed by atoms with Gasteiger partial charge in [0.05, 0.1) is 11.4 Å². The second-order valence-corrected chi connectivity index (χ2v) is 9.70. The maximum atomic E-state index is 13.6. The molecule has 0 saturated heterocycles. The number of fused-ring (bicyclic) bond motifs is 1. The van der Waals surface area contributed by atoms with Crippen molar-refractivity contribution in [3.05, 3.63) is 108 Å². The van der Waals surface area contributed by atoms with Crippen LogP contribution in [-0.2, 0) is 13.0 Å². The molecule has 0 bridgehead atoms. The second kappa shape index (κ2) is 11.3. The molecule has 0 aliphatic heterocycles. The molecule has 5 nitrogen and oxygen atoms in total. The Bertz CT molecular complexity index is 1530. The standard InChI is InChI=1S/C30H26FN3O2S/c1-2-4-22-7-13-26-27(15-16-32-30(26)33-22)34-28-18-24(36-19-20-5-3-6-21(31)17-20)10-14-29(28)37-25-11-8-23(35)9-12-25/h3,5-18,35H,2,4,19H2,1H3,(H,32,33,34). The molecular weight excluding hydrogens is 485 g/mol. The maximum absolute atomic E-state index is 13.6. The molecule has 0 atom stereocenters. The first-order valence-corrected chi connectivity index (χ1v) is 12.9. The quantitative estimate of drug-likeness (QED) is 0.210. The van der Waals surface area contributed by atoms with Crippen molar-refractivity contribution in [2.45, 2.75) is 36.2 Å². The molecular formula is C30H26FN3O2S. The molecule has 5 rings (SSSR count). The van der Waals surface area contributed by atoms with Gasteiger partial charge in [-0.3, -0.25) is 0 Å². The molecule has 3 aromatic carbocycles. The van der Waals surface area contributed by atoms with Gasteiger partial charge in [-0.25, -0.2) is 14.4 Å². The normalized spacial score (nSPS) is 11.0. The Kier molecular flexibility index (Phi) is 7.51. The Labute approximate surface area is 219 Å². The summed E-state index contributed by atoms with van der Waals surface area (Å²) in [4.78, 5) is 11.2. The van der Waals surface area contributed by atoms with E-state index < -0.39 is 0 Å². The molecule has 0 aliphatic rings. The third-order valence-corrected chi connectivity index (χ3v) is 6.83. The smallest absolute Gasteiger partial charge is 0.161 e. The van der Waals surface area contributed by atoms with Crippen LogP contribution < -0.4 is 10.1 Å². The van der Waals surface area contributed by atoms with Gasteiger partial charge in [-0.05, 0) is 78.7 Å². The molecule has 0 unspecified atom stereocenters. The summed E-state index contributed by atoms with van der Waals surface area (Å²) in [6, 6.07) is 25.3. The van der Waals surface area contributed by atoms with Crippen molar-refractivity contribution >= 4 is 34.2 Å². The molecule has 0 fully saturated rings. The van der Waals surface area contributed by atoms with Crippen LogP contribution in [0.25, 0.3) is 11.0 Å². The first-order chi connectivity index (χ1) is 18.1. The third-order valence-electron chi connectivity index (χ3n) is 5.75. The summed E-state index contributed by atoms with van der Waals surface area (Å²) in [7, 11) is 0.